The molecule has 0 saturated carbocycles. The van der Waals surface area contributed by atoms with Crippen molar-refractivity contribution in [2.24, 2.45) is 5.92 Å². The van der Waals surface area contributed by atoms with Gasteiger partial charge in [-0.1, -0.05) is 18.7 Å². The van der Waals surface area contributed by atoms with Crippen molar-refractivity contribution >= 4 is 44.9 Å². The van der Waals surface area contributed by atoms with Crippen LogP contribution >= 0.6 is 23.1 Å². The average Bonchev–Trinajstić information content (AvgIpc) is 3.11. The first-order valence-electron chi connectivity index (χ1n) is 9.87. The van der Waals surface area contributed by atoms with Crippen molar-refractivity contribution in [3.05, 3.63) is 46.9 Å². The predicted molar refractivity (Wildman–Crippen MR) is 118 cm³/mol. The molecule has 2 heterocycles. The van der Waals surface area contributed by atoms with Crippen LogP contribution < -0.4 is 4.90 Å². The summed E-state index contributed by atoms with van der Waals surface area (Å²) in [4.78, 5) is 25.8. The first-order chi connectivity index (χ1) is 14.6. The number of rotatable bonds is 6. The Morgan fingerprint density at radius 2 is 2.17 bits per heavy atom. The number of thiophene rings is 1. The molecule has 1 aliphatic rings. The quantitative estimate of drug-likeness (QED) is 0.399. The Kier molecular flexibility index (Phi) is 6.30. The number of nitriles is 1. The minimum atomic E-state index is -0.360. The number of hydrogen-bond donors (Lipinski definition) is 0. The lowest BCUT2D eigenvalue weighted by atomic mass is 9.89. The zero-order chi connectivity index (χ0) is 21.1. The number of aryl methyl sites for hydroxylation is 1. The van der Waals surface area contributed by atoms with Gasteiger partial charge in [-0.2, -0.15) is 5.26 Å². The number of benzene rings is 1. The number of hydrogen-bond acceptors (Lipinski definition) is 6. The van der Waals surface area contributed by atoms with Gasteiger partial charge in [-0.25, -0.2) is 14.4 Å². The highest BCUT2D eigenvalue weighted by Crippen LogP contribution is 2.40. The van der Waals surface area contributed by atoms with Crippen LogP contribution in [0.4, 0.5) is 10.1 Å². The Balaban J connectivity index is 1.55. The fourth-order valence-electron chi connectivity index (χ4n) is 3.74. The normalized spacial score (nSPS) is 15.6. The molecule has 2 aromatic heterocycles. The molecule has 0 aliphatic heterocycles. The van der Waals surface area contributed by atoms with E-state index in [0.29, 0.717) is 11.6 Å². The van der Waals surface area contributed by atoms with Gasteiger partial charge in [0.1, 0.15) is 22.0 Å². The Labute approximate surface area is 182 Å². The maximum atomic E-state index is 13.3. The molecule has 154 valence electrons. The number of amides is 1. The molecule has 1 unspecified atom stereocenters. The highest BCUT2D eigenvalue weighted by atomic mass is 32.2. The second-order valence-electron chi connectivity index (χ2n) is 7.43. The van der Waals surface area contributed by atoms with Gasteiger partial charge in [0.05, 0.1) is 18.2 Å². The molecule has 0 spiro atoms. The van der Waals surface area contributed by atoms with Crippen molar-refractivity contribution in [2.75, 3.05) is 17.2 Å². The van der Waals surface area contributed by atoms with Gasteiger partial charge in [-0.05, 0) is 55.0 Å². The van der Waals surface area contributed by atoms with Gasteiger partial charge in [0.25, 0.3) is 0 Å². The third kappa shape index (κ3) is 4.32. The van der Waals surface area contributed by atoms with Crippen LogP contribution in [0.1, 0.15) is 30.2 Å². The highest BCUT2D eigenvalue weighted by molar-refractivity contribution is 8.00. The summed E-state index contributed by atoms with van der Waals surface area (Å²) in [6.45, 7) is 2.55. The molecule has 0 bridgehead atoms. The Hall–Kier alpha value is -2.50. The number of thioether (sulfide) groups is 1. The molecule has 5 nitrogen and oxygen atoms in total. The summed E-state index contributed by atoms with van der Waals surface area (Å²) in [5, 5.41) is 10.9. The molecule has 3 aromatic rings. The van der Waals surface area contributed by atoms with Crippen molar-refractivity contribution in [2.45, 2.75) is 37.6 Å². The van der Waals surface area contributed by atoms with Crippen LogP contribution in [0.15, 0.2) is 35.6 Å². The van der Waals surface area contributed by atoms with Crippen LogP contribution in [0.5, 0.6) is 0 Å². The summed E-state index contributed by atoms with van der Waals surface area (Å²) in [5.74, 6) is 0.378. The molecule has 0 radical (unpaired) electrons. The van der Waals surface area contributed by atoms with E-state index in [1.165, 1.54) is 34.3 Å². The molecular formula is C22H21FN4OS2. The summed E-state index contributed by atoms with van der Waals surface area (Å²) in [6.07, 6.45) is 5.03. The summed E-state index contributed by atoms with van der Waals surface area (Å²) >= 11 is 3.14. The van der Waals surface area contributed by atoms with Crippen LogP contribution in [0.25, 0.3) is 10.2 Å². The second-order valence-corrected chi connectivity index (χ2v) is 9.48. The molecule has 1 amide bonds. The number of carbonyl (C=O) groups excluding carboxylic acids is 1. The second kappa shape index (κ2) is 9.11. The summed E-state index contributed by atoms with van der Waals surface area (Å²) < 4.78 is 13.3. The summed E-state index contributed by atoms with van der Waals surface area (Å²) in [5.41, 5.74) is 1.93. The van der Waals surface area contributed by atoms with E-state index in [9.17, 15) is 9.18 Å². The smallest absolute Gasteiger partial charge is 0.237 e. The molecule has 1 aromatic carbocycles. The molecule has 0 fully saturated rings. The molecule has 1 aliphatic carbocycles. The van der Waals surface area contributed by atoms with Crippen molar-refractivity contribution in [1.29, 1.82) is 5.26 Å². The number of anilines is 1. The van der Waals surface area contributed by atoms with Crippen molar-refractivity contribution in [3.8, 4) is 6.07 Å². The van der Waals surface area contributed by atoms with E-state index in [1.807, 2.05) is 0 Å². The van der Waals surface area contributed by atoms with E-state index >= 15 is 0 Å². The fraction of sp³-hybridized carbons (Fsp3) is 0.364. The fourth-order valence-corrected chi connectivity index (χ4v) is 6.06. The van der Waals surface area contributed by atoms with Gasteiger partial charge in [-0.3, -0.25) is 4.79 Å². The van der Waals surface area contributed by atoms with Gasteiger partial charge in [0.2, 0.25) is 5.91 Å². The largest absolute Gasteiger partial charge is 0.311 e. The SMILES string of the molecule is CC1CCc2c(sc3ncnc(SCC(=O)N(CCC#N)c4ccc(F)cc4)c23)C1. The van der Waals surface area contributed by atoms with E-state index in [0.717, 1.165) is 34.5 Å². The molecule has 0 saturated heterocycles. The van der Waals surface area contributed by atoms with Crippen LogP contribution in [0.3, 0.4) is 0 Å². The molecular weight excluding hydrogens is 419 g/mol. The van der Waals surface area contributed by atoms with Gasteiger partial charge < -0.3 is 4.90 Å². The number of fused-ring (bicyclic) bond motifs is 3. The first kappa shape index (κ1) is 20.8. The summed E-state index contributed by atoms with van der Waals surface area (Å²) in [6, 6.07) is 7.84. The maximum absolute atomic E-state index is 13.3. The number of nitrogens with zero attached hydrogens (tertiary/aromatic N) is 4. The van der Waals surface area contributed by atoms with E-state index in [1.54, 1.807) is 34.7 Å². The number of halogens is 1. The topological polar surface area (TPSA) is 69.9 Å². The van der Waals surface area contributed by atoms with Crippen LogP contribution in [0.2, 0.25) is 0 Å². The van der Waals surface area contributed by atoms with Gasteiger partial charge in [-0.15, -0.1) is 11.3 Å². The van der Waals surface area contributed by atoms with Gasteiger partial charge >= 0.3 is 0 Å². The highest BCUT2D eigenvalue weighted by Gasteiger charge is 2.24. The summed E-state index contributed by atoms with van der Waals surface area (Å²) in [7, 11) is 0. The van der Waals surface area contributed by atoms with Crippen LogP contribution in [-0.2, 0) is 17.6 Å². The third-order valence-electron chi connectivity index (χ3n) is 5.28. The van der Waals surface area contributed by atoms with Crippen molar-refractivity contribution in [3.63, 3.8) is 0 Å². The van der Waals surface area contributed by atoms with E-state index in [-0.39, 0.29) is 30.4 Å². The van der Waals surface area contributed by atoms with Crippen molar-refractivity contribution in [1.82, 2.24) is 9.97 Å². The monoisotopic (exact) mass is 440 g/mol. The van der Waals surface area contributed by atoms with Gasteiger partial charge in [0, 0.05) is 22.5 Å². The lowest BCUT2D eigenvalue weighted by Gasteiger charge is -2.22. The van der Waals surface area contributed by atoms with Crippen LogP contribution in [0, 0.1) is 23.1 Å². The Bertz CT molecular complexity index is 1110. The Morgan fingerprint density at radius 3 is 2.93 bits per heavy atom. The van der Waals surface area contributed by atoms with Gasteiger partial charge in [0.15, 0.2) is 0 Å². The van der Waals surface area contributed by atoms with Crippen LogP contribution in [-0.4, -0.2) is 28.2 Å². The first-order valence-corrected chi connectivity index (χ1v) is 11.7. The standard InChI is InChI=1S/C22H21FN4OS2/c1-14-3-8-17-18(11-14)30-22-20(17)21(25-13-26-22)29-12-19(28)27(10-2-9-24)16-6-4-15(23)5-7-16/h4-7,13-14H,2-3,8,10-12H2,1H3. The minimum Gasteiger partial charge on any atom is -0.311 e. The molecule has 0 N–H and O–H groups in total. The van der Waals surface area contributed by atoms with E-state index in [4.69, 9.17) is 5.26 Å². The predicted octanol–water partition coefficient (Wildman–Crippen LogP) is 4.99. The number of carbonyl (C=O) groups is 1. The Morgan fingerprint density at radius 1 is 1.37 bits per heavy atom. The zero-order valence-electron chi connectivity index (χ0n) is 16.6. The minimum absolute atomic E-state index is 0.133. The zero-order valence-corrected chi connectivity index (χ0v) is 18.2. The molecule has 8 heteroatoms. The number of aromatic nitrogens is 2. The molecule has 30 heavy (non-hydrogen) atoms. The maximum Gasteiger partial charge on any atom is 0.237 e. The molecule has 1 atom stereocenters. The van der Waals surface area contributed by atoms with Crippen molar-refractivity contribution < 1.29 is 9.18 Å². The molecule has 4 rings (SSSR count). The van der Waals surface area contributed by atoms with E-state index < -0.39 is 0 Å². The average molecular weight is 441 g/mol. The lowest BCUT2D eigenvalue weighted by Crippen LogP contribution is -2.33. The third-order valence-corrected chi connectivity index (χ3v) is 7.41. The lowest BCUT2D eigenvalue weighted by molar-refractivity contribution is -0.116. The van der Waals surface area contributed by atoms with E-state index in [2.05, 4.69) is 23.0 Å².